The summed E-state index contributed by atoms with van der Waals surface area (Å²) in [7, 11) is 0. The summed E-state index contributed by atoms with van der Waals surface area (Å²) < 4.78 is 0. The molecule has 1 amide bonds. The lowest BCUT2D eigenvalue weighted by Crippen LogP contribution is -2.59. The van der Waals surface area contributed by atoms with Crippen molar-refractivity contribution in [3.05, 3.63) is 42.0 Å². The summed E-state index contributed by atoms with van der Waals surface area (Å²) in [6.45, 7) is 4.74. The van der Waals surface area contributed by atoms with Gasteiger partial charge in [-0.05, 0) is 72.1 Å². The number of hydrazone groups is 1. The zero-order valence-corrected chi connectivity index (χ0v) is 16.7. The quantitative estimate of drug-likeness (QED) is 0.585. The van der Waals surface area contributed by atoms with Crippen LogP contribution in [0.4, 0.5) is 0 Å². The molecule has 4 fully saturated rings. The number of carbonyl (C=O) groups excluding carboxylic acids is 1. The van der Waals surface area contributed by atoms with Crippen molar-refractivity contribution in [3.63, 3.8) is 0 Å². The van der Waals surface area contributed by atoms with E-state index in [0.717, 1.165) is 30.0 Å². The van der Waals surface area contributed by atoms with Gasteiger partial charge in [0.2, 0.25) is 5.91 Å². The molecule has 6 rings (SSSR count). The lowest BCUT2D eigenvalue weighted by Gasteiger charge is -2.64. The number of nitrogens with one attached hydrogen (secondary N) is 1. The predicted molar refractivity (Wildman–Crippen MR) is 111 cm³/mol. The highest BCUT2D eigenvalue weighted by Crippen LogP contribution is 2.69. The fourth-order valence-electron chi connectivity index (χ4n) is 7.39. The van der Waals surface area contributed by atoms with Crippen molar-refractivity contribution in [2.24, 2.45) is 27.3 Å². The second kappa shape index (κ2) is 5.82. The van der Waals surface area contributed by atoms with E-state index < -0.39 is 0 Å². The number of phenols is 1. The molecular formula is C24H28N2O2. The molecule has 28 heavy (non-hydrogen) atoms. The number of nitrogens with zero attached hydrogens (tertiary/aromatic N) is 1. The molecule has 4 nitrogen and oxygen atoms in total. The first kappa shape index (κ1) is 17.7. The minimum Gasteiger partial charge on any atom is -0.507 e. The van der Waals surface area contributed by atoms with Crippen LogP contribution >= 0.6 is 0 Å². The maximum absolute atomic E-state index is 13.2. The highest BCUT2D eigenvalue weighted by molar-refractivity contribution is 6.02. The van der Waals surface area contributed by atoms with Gasteiger partial charge in [0.25, 0.3) is 0 Å². The molecule has 0 radical (unpaired) electrons. The van der Waals surface area contributed by atoms with Gasteiger partial charge in [-0.1, -0.05) is 44.2 Å². The molecule has 2 aromatic carbocycles. The number of hydrogen-bond acceptors (Lipinski definition) is 3. The van der Waals surface area contributed by atoms with Crippen molar-refractivity contribution in [3.8, 4) is 5.75 Å². The molecule has 4 aliphatic rings. The first-order valence-corrected chi connectivity index (χ1v) is 10.3. The SMILES string of the molecule is CC12CC3CC(C)(C1)CC(C(=O)N/N=C/c1c(O)ccc4ccccc14)(C3)C2. The van der Waals surface area contributed by atoms with E-state index in [2.05, 4.69) is 24.4 Å². The third-order valence-electron chi connectivity index (χ3n) is 7.42. The van der Waals surface area contributed by atoms with E-state index in [1.807, 2.05) is 30.3 Å². The van der Waals surface area contributed by atoms with Crippen molar-refractivity contribution in [1.29, 1.82) is 0 Å². The van der Waals surface area contributed by atoms with Gasteiger partial charge in [0.05, 0.1) is 11.6 Å². The summed E-state index contributed by atoms with van der Waals surface area (Å²) in [5.74, 6) is 0.902. The Morgan fingerprint density at radius 3 is 2.50 bits per heavy atom. The standard InChI is InChI=1S/C24H28N2O2/c1-22-9-16-10-23(2,13-22)15-24(11-16,14-22)21(28)26-25-12-19-18-6-4-3-5-17(18)7-8-20(19)27/h3-8,12,16,27H,9-11,13-15H2,1-2H3,(H,26,28)/b25-12+. The Morgan fingerprint density at radius 1 is 1.07 bits per heavy atom. The minimum atomic E-state index is -0.277. The summed E-state index contributed by atoms with van der Waals surface area (Å²) in [4.78, 5) is 13.2. The van der Waals surface area contributed by atoms with Gasteiger partial charge in [-0.3, -0.25) is 4.79 Å². The van der Waals surface area contributed by atoms with Gasteiger partial charge in [-0.25, -0.2) is 5.43 Å². The van der Waals surface area contributed by atoms with Crippen LogP contribution in [0.2, 0.25) is 0 Å². The predicted octanol–water partition coefficient (Wildman–Crippen LogP) is 4.99. The number of phenolic OH excluding ortho intramolecular Hbond substituents is 1. The van der Waals surface area contributed by atoms with Gasteiger partial charge >= 0.3 is 0 Å². The van der Waals surface area contributed by atoms with Crippen molar-refractivity contribution >= 4 is 22.9 Å². The van der Waals surface area contributed by atoms with Crippen LogP contribution in [0.15, 0.2) is 41.5 Å². The van der Waals surface area contributed by atoms with E-state index in [9.17, 15) is 9.90 Å². The van der Waals surface area contributed by atoms with E-state index in [-0.39, 0.29) is 17.1 Å². The lowest BCUT2D eigenvalue weighted by molar-refractivity contribution is -0.170. The molecule has 146 valence electrons. The number of aromatic hydroxyl groups is 1. The first-order chi connectivity index (χ1) is 13.3. The van der Waals surface area contributed by atoms with Crippen LogP contribution in [0.3, 0.4) is 0 Å². The number of amides is 1. The summed E-state index contributed by atoms with van der Waals surface area (Å²) in [5.41, 5.74) is 3.79. The van der Waals surface area contributed by atoms with E-state index in [4.69, 9.17) is 0 Å². The highest BCUT2D eigenvalue weighted by Gasteiger charge is 2.62. The first-order valence-electron chi connectivity index (χ1n) is 10.3. The molecule has 0 saturated heterocycles. The molecule has 0 heterocycles. The Labute approximate surface area is 166 Å². The van der Waals surface area contributed by atoms with E-state index in [1.165, 1.54) is 19.3 Å². The van der Waals surface area contributed by atoms with Crippen LogP contribution in [0.25, 0.3) is 10.8 Å². The zero-order valence-electron chi connectivity index (χ0n) is 16.7. The molecule has 0 aromatic heterocycles. The molecule has 4 bridgehead atoms. The van der Waals surface area contributed by atoms with Crippen LogP contribution in [0.5, 0.6) is 5.75 Å². The van der Waals surface area contributed by atoms with Crippen LogP contribution in [0.1, 0.15) is 57.9 Å². The molecular weight excluding hydrogens is 348 g/mol. The fourth-order valence-corrected chi connectivity index (χ4v) is 7.39. The third-order valence-corrected chi connectivity index (χ3v) is 7.42. The Balaban J connectivity index is 1.40. The van der Waals surface area contributed by atoms with Crippen molar-refractivity contribution < 1.29 is 9.90 Å². The number of carbonyl (C=O) groups is 1. The number of hydrogen-bond donors (Lipinski definition) is 2. The van der Waals surface area contributed by atoms with Gasteiger partial charge in [-0.15, -0.1) is 0 Å². The smallest absolute Gasteiger partial charge is 0.246 e. The molecule has 2 atom stereocenters. The molecule has 0 aliphatic heterocycles. The number of rotatable bonds is 3. The Bertz CT molecular complexity index is 977. The van der Waals surface area contributed by atoms with Crippen LogP contribution < -0.4 is 5.43 Å². The Hall–Kier alpha value is -2.36. The Morgan fingerprint density at radius 2 is 1.79 bits per heavy atom. The van der Waals surface area contributed by atoms with Crippen LogP contribution in [0, 0.1) is 22.2 Å². The maximum atomic E-state index is 13.2. The molecule has 2 unspecified atom stereocenters. The van der Waals surface area contributed by atoms with Gasteiger partial charge in [-0.2, -0.15) is 5.10 Å². The lowest BCUT2D eigenvalue weighted by atomic mass is 9.40. The highest BCUT2D eigenvalue weighted by atomic mass is 16.3. The van der Waals surface area contributed by atoms with Gasteiger partial charge < -0.3 is 5.11 Å². The monoisotopic (exact) mass is 376 g/mol. The largest absolute Gasteiger partial charge is 0.507 e. The average Bonchev–Trinajstić information content (AvgIpc) is 2.60. The summed E-state index contributed by atoms with van der Waals surface area (Å²) in [5, 5.41) is 16.5. The van der Waals surface area contributed by atoms with E-state index in [0.29, 0.717) is 22.3 Å². The van der Waals surface area contributed by atoms with Crippen molar-refractivity contribution in [2.45, 2.75) is 52.4 Å². The molecule has 2 aromatic rings. The third kappa shape index (κ3) is 2.73. The topological polar surface area (TPSA) is 61.7 Å². The summed E-state index contributed by atoms with van der Waals surface area (Å²) in [6, 6.07) is 11.4. The normalized spacial score (nSPS) is 36.3. The molecule has 2 N–H and O–H groups in total. The molecule has 4 heteroatoms. The van der Waals surface area contributed by atoms with E-state index >= 15 is 0 Å². The second-order valence-corrected chi connectivity index (χ2v) is 10.3. The number of fused-ring (bicyclic) bond motifs is 1. The molecule has 0 spiro atoms. The van der Waals surface area contributed by atoms with Gasteiger partial charge in [0.15, 0.2) is 0 Å². The zero-order chi connectivity index (χ0) is 19.6. The summed E-state index contributed by atoms with van der Waals surface area (Å²) >= 11 is 0. The maximum Gasteiger partial charge on any atom is 0.246 e. The average molecular weight is 377 g/mol. The van der Waals surface area contributed by atoms with Gasteiger partial charge in [0, 0.05) is 5.56 Å². The summed E-state index contributed by atoms with van der Waals surface area (Å²) in [6.07, 6.45) is 8.33. The van der Waals surface area contributed by atoms with Crippen molar-refractivity contribution in [1.82, 2.24) is 5.43 Å². The van der Waals surface area contributed by atoms with Crippen LogP contribution in [-0.2, 0) is 4.79 Å². The minimum absolute atomic E-state index is 0.0602. The second-order valence-electron chi connectivity index (χ2n) is 10.3. The molecule has 4 aliphatic carbocycles. The van der Waals surface area contributed by atoms with Crippen LogP contribution in [-0.4, -0.2) is 17.2 Å². The fraction of sp³-hybridized carbons (Fsp3) is 0.500. The van der Waals surface area contributed by atoms with E-state index in [1.54, 1.807) is 12.3 Å². The molecule has 4 saturated carbocycles. The van der Waals surface area contributed by atoms with Gasteiger partial charge in [0.1, 0.15) is 5.75 Å². The van der Waals surface area contributed by atoms with Crippen molar-refractivity contribution in [2.75, 3.05) is 0 Å². The number of benzene rings is 2. The Kier molecular flexibility index (Phi) is 3.68.